The number of alkyl halides is 28. The molecule has 0 spiro atoms. The maximum atomic E-state index is 14.4. The van der Waals surface area contributed by atoms with E-state index in [-0.39, 0.29) is 0 Å². The number of amides is 2. The van der Waals surface area contributed by atoms with Crippen LogP contribution in [0.25, 0.3) is 0 Å². The molecule has 0 fully saturated rings. The predicted molar refractivity (Wildman–Crippen MR) is 193 cm³/mol. The molecular formula is C38H36F28N2O6. The highest BCUT2D eigenvalue weighted by atomic mass is 19.4. The van der Waals surface area contributed by atoms with Crippen LogP contribution in [0, 0.1) is 10.8 Å². The van der Waals surface area contributed by atoms with Crippen LogP contribution in [0.5, 0.6) is 0 Å². The molecule has 0 rings (SSSR count). The Morgan fingerprint density at radius 3 is 0.622 bits per heavy atom. The van der Waals surface area contributed by atoms with Crippen molar-refractivity contribution in [1.29, 1.82) is 0 Å². The van der Waals surface area contributed by atoms with Crippen molar-refractivity contribution in [3.63, 3.8) is 0 Å². The molecule has 74 heavy (non-hydrogen) atoms. The van der Waals surface area contributed by atoms with Crippen LogP contribution < -0.4 is 10.6 Å². The molecule has 0 aliphatic heterocycles. The van der Waals surface area contributed by atoms with Crippen molar-refractivity contribution in [2.75, 3.05) is 13.1 Å². The number of carbonyl (C=O) groups excluding carboxylic acids is 2. The summed E-state index contributed by atoms with van der Waals surface area (Å²) in [5.41, 5.74) is -4.07. The molecule has 0 unspecified atom stereocenters. The van der Waals surface area contributed by atoms with Crippen LogP contribution in [0.15, 0.2) is 75.9 Å². The van der Waals surface area contributed by atoms with Gasteiger partial charge in [0.15, 0.2) is 0 Å². The van der Waals surface area contributed by atoms with E-state index in [1.54, 1.807) is 0 Å². The molecule has 0 radical (unpaired) electrons. The summed E-state index contributed by atoms with van der Waals surface area (Å²) in [6, 6.07) is 0. The number of halogens is 28. The molecule has 430 valence electrons. The van der Waals surface area contributed by atoms with Crippen LogP contribution in [0.3, 0.4) is 0 Å². The second-order valence-electron chi connectivity index (χ2n) is 15.1. The molecule has 0 aromatic carbocycles. The molecule has 0 saturated heterocycles. The molecule has 0 aliphatic carbocycles. The van der Waals surface area contributed by atoms with E-state index < -0.39 is 159 Å². The van der Waals surface area contributed by atoms with Gasteiger partial charge in [-0.25, -0.2) is 18.9 Å². The van der Waals surface area contributed by atoms with Crippen LogP contribution in [-0.4, -0.2) is 109 Å². The van der Waals surface area contributed by atoms with Crippen molar-refractivity contribution >= 4 is 11.8 Å². The molecule has 0 aromatic heterocycles. The van der Waals surface area contributed by atoms with Gasteiger partial charge < -0.3 is 10.6 Å². The summed E-state index contributed by atoms with van der Waals surface area (Å²) in [5, 5.41) is 1.87. The van der Waals surface area contributed by atoms with Gasteiger partial charge in [0.2, 0.25) is 11.8 Å². The normalized spacial score (nSPS) is 15.0. The lowest BCUT2D eigenvalue weighted by atomic mass is 9.77. The Kier molecular flexibility index (Phi) is 21.0. The van der Waals surface area contributed by atoms with Crippen LogP contribution in [-0.2, 0) is 28.5 Å². The van der Waals surface area contributed by atoms with E-state index >= 15 is 0 Å². The first-order valence-corrected chi connectivity index (χ1v) is 19.0. The monoisotopic (exact) mass is 1150 g/mol. The molecule has 2 N–H and O–H groups in total. The number of nitrogens with one attached hydrogen (secondary N) is 2. The van der Waals surface area contributed by atoms with E-state index in [4.69, 9.17) is 0 Å². The summed E-state index contributed by atoms with van der Waals surface area (Å²) >= 11 is 0. The van der Waals surface area contributed by atoms with Crippen molar-refractivity contribution < 1.29 is 151 Å². The molecule has 0 aliphatic rings. The van der Waals surface area contributed by atoms with Crippen molar-refractivity contribution in [3.8, 4) is 0 Å². The van der Waals surface area contributed by atoms with Gasteiger partial charge in [-0.3, -0.25) is 9.59 Å². The lowest BCUT2D eigenvalue weighted by Gasteiger charge is -2.40. The number of hydrogen-bond acceptors (Lipinski definition) is 6. The Morgan fingerprint density at radius 1 is 0.297 bits per heavy atom. The van der Waals surface area contributed by atoms with Gasteiger partial charge >= 0.3 is 84.4 Å². The third kappa shape index (κ3) is 13.4. The summed E-state index contributed by atoms with van der Waals surface area (Å²) < 4.78 is 402. The fourth-order valence-electron chi connectivity index (χ4n) is 5.62. The Labute approximate surface area is 397 Å². The molecule has 36 heteroatoms. The lowest BCUT2D eigenvalue weighted by molar-refractivity contribution is -0.571. The van der Waals surface area contributed by atoms with Crippen LogP contribution >= 0.6 is 0 Å². The molecule has 0 heterocycles. The van der Waals surface area contributed by atoms with Crippen molar-refractivity contribution in [3.05, 3.63) is 75.9 Å². The number of carbonyl (C=O) groups is 2. The molecule has 0 saturated carbocycles. The third-order valence-electron chi connectivity index (χ3n) is 9.59. The van der Waals surface area contributed by atoms with Gasteiger partial charge in [0.1, 0.15) is 0 Å². The van der Waals surface area contributed by atoms with Gasteiger partial charge in [-0.2, -0.15) is 123 Å². The van der Waals surface area contributed by atoms with E-state index in [0.29, 0.717) is 0 Å². The standard InChI is InChI=1S/C38H36F28N2O6/c1-7-13-23(14-8-2,15-9-3)21(69)67-19-25(39,40)27(43,44)31(51,52)71-35(59,60)37(63,64)73-33(55,56)29(47,48)30(49,50)34(57,58)74-38(65,66)36(61,62)72-32(53,54)28(45,46)26(41,42)20-68-22(70)24(16-10-4,17-11-5)18-12-6/h7-12H,1-6,13-20H2,(H,67,69)(H,68,70). The topological polar surface area (TPSA) is 95.1 Å². The maximum absolute atomic E-state index is 14.4. The second kappa shape index (κ2) is 22.5. The average molecular weight is 1150 g/mol. The van der Waals surface area contributed by atoms with Crippen LogP contribution in [0.1, 0.15) is 38.5 Å². The van der Waals surface area contributed by atoms with Crippen LogP contribution in [0.4, 0.5) is 123 Å². The van der Waals surface area contributed by atoms with Gasteiger partial charge in [0.05, 0.1) is 23.9 Å². The SMILES string of the molecule is C=CCC(CC=C)(CC=C)C(=O)NCC(F)(F)C(F)(F)C(F)(F)OC(F)(F)C(F)(F)OC(F)(F)C(F)(F)C(F)(F)C(F)(F)OC(F)(F)C(F)(F)OC(F)(F)C(F)(F)C(F)(F)CNC(=O)C(CC=C)(CC=C)CC=C. The molecule has 0 bridgehead atoms. The Hall–Kier alpha value is -4.74. The van der Waals surface area contributed by atoms with Gasteiger partial charge in [-0.05, 0) is 38.5 Å². The zero-order chi connectivity index (χ0) is 59.3. The largest absolute Gasteiger partial charge is 0.453 e. The second-order valence-corrected chi connectivity index (χ2v) is 15.1. The summed E-state index contributed by atoms with van der Waals surface area (Å²) in [4.78, 5) is 25.2. The third-order valence-corrected chi connectivity index (χ3v) is 9.59. The Morgan fingerprint density at radius 2 is 0.459 bits per heavy atom. The van der Waals surface area contributed by atoms with E-state index in [9.17, 15) is 133 Å². The zero-order valence-electron chi connectivity index (χ0n) is 36.4. The average Bonchev–Trinajstić information content (AvgIpc) is 3.20. The van der Waals surface area contributed by atoms with Crippen molar-refractivity contribution in [2.45, 2.75) is 123 Å². The van der Waals surface area contributed by atoms with E-state index in [1.807, 2.05) is 0 Å². The van der Waals surface area contributed by atoms with Gasteiger partial charge in [0.25, 0.3) is 0 Å². The minimum Gasteiger partial charge on any atom is -0.349 e. The van der Waals surface area contributed by atoms with Crippen molar-refractivity contribution in [2.24, 2.45) is 10.8 Å². The van der Waals surface area contributed by atoms with E-state index in [0.717, 1.165) is 56.6 Å². The fraction of sp³-hybridized carbons (Fsp3) is 0.632. The molecule has 8 nitrogen and oxygen atoms in total. The summed E-state index contributed by atoms with van der Waals surface area (Å²) in [5.74, 6) is -50.7. The summed E-state index contributed by atoms with van der Waals surface area (Å²) in [6.07, 6.45) is -65.1. The minimum atomic E-state index is -9.12. The van der Waals surface area contributed by atoms with E-state index in [1.165, 1.54) is 9.47 Å². The van der Waals surface area contributed by atoms with Gasteiger partial charge in [-0.1, -0.05) is 36.5 Å². The Bertz CT molecular complexity index is 1830. The minimum absolute atomic E-state index is 0.563. The van der Waals surface area contributed by atoms with Crippen molar-refractivity contribution in [1.82, 2.24) is 10.6 Å². The first kappa shape index (κ1) is 69.3. The lowest BCUT2D eigenvalue weighted by Crippen LogP contribution is -2.68. The number of allylic oxidation sites excluding steroid dienone is 6. The number of rotatable bonds is 35. The van der Waals surface area contributed by atoms with Crippen LogP contribution in [0.2, 0.25) is 0 Å². The number of hydrogen-bond donors (Lipinski definition) is 2. The quantitative estimate of drug-likeness (QED) is 0.0485. The zero-order valence-corrected chi connectivity index (χ0v) is 36.4. The number of ether oxygens (including phenoxy) is 4. The first-order chi connectivity index (χ1) is 32.7. The molecule has 0 atom stereocenters. The van der Waals surface area contributed by atoms with E-state index in [2.05, 4.69) is 39.5 Å². The molecular weight excluding hydrogens is 1110 g/mol. The fourth-order valence-corrected chi connectivity index (χ4v) is 5.62. The smallest absolute Gasteiger partial charge is 0.349 e. The molecule has 2 amide bonds. The maximum Gasteiger partial charge on any atom is 0.453 e. The van der Waals surface area contributed by atoms with Gasteiger partial charge in [-0.15, -0.1) is 39.5 Å². The first-order valence-electron chi connectivity index (χ1n) is 19.0. The summed E-state index contributed by atoms with van der Waals surface area (Å²) in [6.45, 7) is 12.9. The highest BCUT2D eigenvalue weighted by Crippen LogP contribution is 2.59. The highest BCUT2D eigenvalue weighted by Gasteiger charge is 2.88. The molecule has 0 aromatic rings. The summed E-state index contributed by atoms with van der Waals surface area (Å²) in [7, 11) is 0. The predicted octanol–water partition coefficient (Wildman–Crippen LogP) is 13.3. The van der Waals surface area contributed by atoms with Gasteiger partial charge in [0, 0.05) is 0 Å². The highest BCUT2D eigenvalue weighted by molar-refractivity contribution is 5.84. The Balaban J connectivity index is 6.76.